The van der Waals surface area contributed by atoms with Gasteiger partial charge in [-0.05, 0) is 42.9 Å². The van der Waals surface area contributed by atoms with Crippen LogP contribution in [0.25, 0.3) is 0 Å². The van der Waals surface area contributed by atoms with Crippen LogP contribution in [0.15, 0.2) is 18.5 Å². The van der Waals surface area contributed by atoms with Crippen LogP contribution in [0.3, 0.4) is 0 Å². The largest absolute Gasteiger partial charge is 0.357 e. The van der Waals surface area contributed by atoms with E-state index < -0.39 is 0 Å². The summed E-state index contributed by atoms with van der Waals surface area (Å²) in [5.41, 5.74) is 2.21. The monoisotopic (exact) mass is 240 g/mol. The highest BCUT2D eigenvalue weighted by Crippen LogP contribution is 2.48. The first kappa shape index (κ1) is 12.0. The number of rotatable bonds is 2. The Labute approximate surface area is 104 Å². The first-order valence-electron chi connectivity index (χ1n) is 6.09. The highest BCUT2D eigenvalue weighted by Gasteiger charge is 2.42. The van der Waals surface area contributed by atoms with Crippen LogP contribution < -0.4 is 0 Å². The number of hydrogen-bond acceptors (Lipinski definition) is 1. The van der Waals surface area contributed by atoms with Crippen molar-refractivity contribution in [1.82, 2.24) is 9.47 Å². The molecule has 1 saturated heterocycles. The number of aromatic nitrogens is 1. The molecule has 1 aliphatic heterocycles. The Bertz CT molecular complexity index is 355. The zero-order chi connectivity index (χ0) is 10.3. The van der Waals surface area contributed by atoms with Crippen LogP contribution in [0.2, 0.25) is 0 Å². The van der Waals surface area contributed by atoms with Gasteiger partial charge in [0.05, 0.1) is 0 Å². The fraction of sp³-hybridized carbons (Fsp3) is 0.692. The number of hydrogen-bond donors (Lipinski definition) is 0. The van der Waals surface area contributed by atoms with E-state index in [2.05, 4.69) is 35.0 Å². The molecule has 0 aromatic carbocycles. The molecule has 0 atom stereocenters. The normalized spacial score (nSPS) is 23.1. The Morgan fingerprint density at radius 3 is 2.62 bits per heavy atom. The van der Waals surface area contributed by atoms with Crippen molar-refractivity contribution in [3.63, 3.8) is 0 Å². The van der Waals surface area contributed by atoms with Crippen molar-refractivity contribution in [2.45, 2.75) is 32.2 Å². The summed E-state index contributed by atoms with van der Waals surface area (Å²) in [6.07, 6.45) is 10.3. The van der Waals surface area contributed by atoms with Gasteiger partial charge in [-0.25, -0.2) is 0 Å². The van der Waals surface area contributed by atoms with E-state index >= 15 is 0 Å². The van der Waals surface area contributed by atoms with Gasteiger partial charge in [-0.1, -0.05) is 6.42 Å². The van der Waals surface area contributed by atoms with Crippen molar-refractivity contribution in [1.29, 1.82) is 0 Å². The Hall–Kier alpha value is -0.470. The van der Waals surface area contributed by atoms with Gasteiger partial charge >= 0.3 is 0 Å². The molecular formula is C13H21ClN2. The average molecular weight is 241 g/mol. The van der Waals surface area contributed by atoms with Gasteiger partial charge in [-0.2, -0.15) is 0 Å². The molecule has 2 fully saturated rings. The molecule has 16 heavy (non-hydrogen) atoms. The molecule has 3 heteroatoms. The van der Waals surface area contributed by atoms with E-state index in [-0.39, 0.29) is 12.4 Å². The van der Waals surface area contributed by atoms with Gasteiger partial charge in [0, 0.05) is 32.5 Å². The summed E-state index contributed by atoms with van der Waals surface area (Å²) in [5.74, 6) is 0. The standard InChI is InChI=1S/C13H20N2.ClH/c1-14-7-3-12(9-14)10-15-8-6-13(11-15)4-2-5-13;/h3,7,9H,2,4-6,8,10-11H2,1H3;1H. The second-order valence-corrected chi connectivity index (χ2v) is 5.50. The number of halogens is 1. The highest BCUT2D eigenvalue weighted by atomic mass is 35.5. The fourth-order valence-electron chi connectivity index (χ4n) is 3.16. The highest BCUT2D eigenvalue weighted by molar-refractivity contribution is 5.85. The predicted octanol–water partition coefficient (Wildman–Crippen LogP) is 2.82. The van der Waals surface area contributed by atoms with Crippen LogP contribution in [0, 0.1) is 5.41 Å². The molecule has 1 spiro atoms. The maximum atomic E-state index is 2.63. The van der Waals surface area contributed by atoms with Crippen LogP contribution in [-0.4, -0.2) is 22.6 Å². The smallest absolute Gasteiger partial charge is 0.0249 e. The van der Waals surface area contributed by atoms with Gasteiger partial charge in [0.2, 0.25) is 0 Å². The second-order valence-electron chi connectivity index (χ2n) is 5.50. The van der Waals surface area contributed by atoms with Gasteiger partial charge in [0.15, 0.2) is 0 Å². The summed E-state index contributed by atoms with van der Waals surface area (Å²) >= 11 is 0. The third-order valence-corrected chi connectivity index (χ3v) is 4.23. The first-order chi connectivity index (χ1) is 7.26. The van der Waals surface area contributed by atoms with E-state index in [0.717, 1.165) is 12.0 Å². The summed E-state index contributed by atoms with van der Waals surface area (Å²) in [7, 11) is 2.10. The van der Waals surface area contributed by atoms with Crippen molar-refractivity contribution in [3.05, 3.63) is 24.0 Å². The third-order valence-electron chi connectivity index (χ3n) is 4.23. The Morgan fingerprint density at radius 2 is 2.12 bits per heavy atom. The molecule has 0 unspecified atom stereocenters. The summed E-state index contributed by atoms with van der Waals surface area (Å²) in [4.78, 5) is 2.63. The van der Waals surface area contributed by atoms with Crippen LogP contribution in [0.4, 0.5) is 0 Å². The molecule has 0 N–H and O–H groups in total. The van der Waals surface area contributed by atoms with Crippen LogP contribution in [0.5, 0.6) is 0 Å². The Kier molecular flexibility index (Phi) is 3.32. The average Bonchev–Trinajstić information content (AvgIpc) is 2.72. The third kappa shape index (κ3) is 2.14. The summed E-state index contributed by atoms with van der Waals surface area (Å²) in [6, 6.07) is 2.24. The van der Waals surface area contributed by atoms with Crippen molar-refractivity contribution in [2.24, 2.45) is 12.5 Å². The molecule has 1 saturated carbocycles. The summed E-state index contributed by atoms with van der Waals surface area (Å²) in [6.45, 7) is 3.82. The van der Waals surface area contributed by atoms with Crippen molar-refractivity contribution >= 4 is 12.4 Å². The lowest BCUT2D eigenvalue weighted by atomic mass is 9.68. The summed E-state index contributed by atoms with van der Waals surface area (Å²) in [5, 5.41) is 0. The Morgan fingerprint density at radius 1 is 1.31 bits per heavy atom. The van der Waals surface area contributed by atoms with Crippen molar-refractivity contribution in [3.8, 4) is 0 Å². The molecule has 1 aliphatic carbocycles. The van der Waals surface area contributed by atoms with E-state index in [9.17, 15) is 0 Å². The minimum atomic E-state index is 0. The molecule has 90 valence electrons. The van der Waals surface area contributed by atoms with Gasteiger partial charge in [0.25, 0.3) is 0 Å². The van der Waals surface area contributed by atoms with Gasteiger partial charge in [-0.3, -0.25) is 4.90 Å². The zero-order valence-electron chi connectivity index (χ0n) is 9.98. The van der Waals surface area contributed by atoms with Gasteiger partial charge in [0.1, 0.15) is 0 Å². The second kappa shape index (κ2) is 4.42. The van der Waals surface area contributed by atoms with Crippen LogP contribution in [0.1, 0.15) is 31.2 Å². The summed E-state index contributed by atoms with van der Waals surface area (Å²) < 4.78 is 2.14. The minimum Gasteiger partial charge on any atom is -0.357 e. The minimum absolute atomic E-state index is 0. The maximum Gasteiger partial charge on any atom is 0.0249 e. The molecular weight excluding hydrogens is 220 g/mol. The first-order valence-corrected chi connectivity index (χ1v) is 6.09. The number of likely N-dealkylation sites (tertiary alicyclic amines) is 1. The molecule has 2 nitrogen and oxygen atoms in total. The van der Waals surface area contributed by atoms with E-state index in [0.29, 0.717) is 0 Å². The molecule has 0 bridgehead atoms. The van der Waals surface area contributed by atoms with Crippen molar-refractivity contribution < 1.29 is 0 Å². The molecule has 0 radical (unpaired) electrons. The molecule has 1 aromatic rings. The molecule has 2 heterocycles. The number of aryl methyl sites for hydroxylation is 1. The molecule has 2 aliphatic rings. The lowest BCUT2D eigenvalue weighted by Crippen LogP contribution is -2.32. The van der Waals surface area contributed by atoms with E-state index in [1.165, 1.54) is 44.3 Å². The van der Waals surface area contributed by atoms with Gasteiger partial charge < -0.3 is 4.57 Å². The fourth-order valence-corrected chi connectivity index (χ4v) is 3.16. The lowest BCUT2D eigenvalue weighted by molar-refractivity contribution is 0.137. The quantitative estimate of drug-likeness (QED) is 0.772. The molecule has 0 amide bonds. The van der Waals surface area contributed by atoms with Crippen LogP contribution >= 0.6 is 12.4 Å². The van der Waals surface area contributed by atoms with Crippen molar-refractivity contribution in [2.75, 3.05) is 13.1 Å². The molecule has 1 aromatic heterocycles. The zero-order valence-corrected chi connectivity index (χ0v) is 10.8. The SMILES string of the molecule is Cl.Cn1ccc(CN2CCC3(CCC3)C2)c1. The maximum absolute atomic E-state index is 2.63. The number of nitrogens with zero attached hydrogens (tertiary/aromatic N) is 2. The van der Waals surface area contributed by atoms with Crippen LogP contribution in [-0.2, 0) is 13.6 Å². The topological polar surface area (TPSA) is 8.17 Å². The van der Waals surface area contributed by atoms with E-state index in [1.54, 1.807) is 0 Å². The molecule has 3 rings (SSSR count). The Balaban J connectivity index is 0.000000963. The van der Waals surface area contributed by atoms with Gasteiger partial charge in [-0.15, -0.1) is 12.4 Å². The predicted molar refractivity (Wildman–Crippen MR) is 68.8 cm³/mol. The van der Waals surface area contributed by atoms with E-state index in [1.807, 2.05) is 0 Å². The van der Waals surface area contributed by atoms with E-state index in [4.69, 9.17) is 0 Å². The lowest BCUT2D eigenvalue weighted by Gasteiger charge is -2.38.